The molecule has 0 aromatic carbocycles. The monoisotopic (exact) mass is 1550 g/mol. The Morgan fingerprint density at radius 2 is 0.611 bits per heavy atom. The maximum absolute atomic E-state index is 11.7. The van der Waals surface area contributed by atoms with Crippen LogP contribution in [0.15, 0.2) is 128 Å². The van der Waals surface area contributed by atoms with Gasteiger partial charge in [0.05, 0.1) is 6.61 Å². The first kappa shape index (κ1) is 73.2. The summed E-state index contributed by atoms with van der Waals surface area (Å²) < 4.78 is 31.0. The molecule has 0 aromatic rings. The van der Waals surface area contributed by atoms with Crippen molar-refractivity contribution in [2.45, 2.75) is 199 Å². The maximum Gasteiger partial charge on any atom is 0.481 e. The number of hydrogen-bond donors (Lipinski definition) is 3. The van der Waals surface area contributed by atoms with Gasteiger partial charge in [-0.25, -0.2) is 9.13 Å². The summed E-state index contributed by atoms with van der Waals surface area (Å²) in [5.41, 5.74) is 14.3. The highest BCUT2D eigenvalue weighted by Crippen LogP contribution is 2.57. The molecule has 1 unspecified atom stereocenters. The minimum atomic E-state index is -5.16. The quantitative estimate of drug-likeness (QED) is 0.0329. The Kier molecular flexibility index (Phi) is 40.3. The molecule has 0 aliphatic rings. The molecule has 72 heavy (non-hydrogen) atoms. The minimum Gasteiger partial charge on any atom is -0.302 e. The second kappa shape index (κ2) is 39.6. The van der Waals surface area contributed by atoms with Crippen molar-refractivity contribution < 1.29 is 32.6 Å². The van der Waals surface area contributed by atoms with E-state index >= 15 is 0 Å². The molecule has 0 fully saturated rings. The summed E-state index contributed by atoms with van der Waals surface area (Å²) in [5.74, 6) is 0. The van der Waals surface area contributed by atoms with Crippen molar-refractivity contribution >= 4 is 143 Å². The van der Waals surface area contributed by atoms with Gasteiger partial charge in [0.1, 0.15) is 0 Å². The number of phosphoric acid groups is 2. The summed E-state index contributed by atoms with van der Waals surface area (Å²) in [4.78, 5) is 28.7. The standard InChI is InChI=1S/C55H84Br8O7P2/c1-37(2)15-13-16-38(3)17-14-18-39(4)19-27-48(56)40(5)20-28-49(57)41(6)21-29-50(58)42(7)22-30-51(59)43(8)23-31-52(60)44(9)24-32-53(61)45(10)25-33-54(62)46(11)26-34-55(63)47(12)35-36-69-72(67,68)70-71(64,65)66/h15,17,19-26,35,48-55H,13-14,16,18,27-34,36H2,1-12H3,(H,67,68)(H2,64,65,66)/b38-17+,39-19+,40-20-,41-21-,42-22-,43-23-,44-24-,45-25-,46-26-,47-35-/t48-,49-,50-,51-,52-,53-,54-,55-/m1/s1. The lowest BCUT2D eigenvalue weighted by Gasteiger charge is -2.15. The maximum atomic E-state index is 11.7. The fourth-order valence-corrected chi connectivity index (χ4v) is 11.1. The Morgan fingerprint density at radius 1 is 0.375 bits per heavy atom. The Bertz CT molecular complexity index is 2110. The van der Waals surface area contributed by atoms with Crippen molar-refractivity contribution in [1.29, 1.82) is 0 Å². The second-order valence-electron chi connectivity index (χ2n) is 19.0. The van der Waals surface area contributed by atoms with Gasteiger partial charge in [-0.15, -0.1) is 0 Å². The van der Waals surface area contributed by atoms with Crippen molar-refractivity contribution in [2.24, 2.45) is 0 Å². The molecular weight excluding hydrogens is 1470 g/mol. The molecule has 0 aliphatic carbocycles. The van der Waals surface area contributed by atoms with Crippen LogP contribution in [0.4, 0.5) is 0 Å². The molecule has 0 radical (unpaired) electrons. The molecule has 9 atom stereocenters. The van der Waals surface area contributed by atoms with Gasteiger partial charge in [-0.2, -0.15) is 4.31 Å². The highest BCUT2D eigenvalue weighted by molar-refractivity contribution is 9.10. The Balaban J connectivity index is 5.01. The predicted molar refractivity (Wildman–Crippen MR) is 343 cm³/mol. The highest BCUT2D eigenvalue weighted by Gasteiger charge is 2.32. The topological polar surface area (TPSA) is 113 Å². The van der Waals surface area contributed by atoms with E-state index in [-0.39, 0.29) is 35.6 Å². The first-order valence-electron chi connectivity index (χ1n) is 24.5. The Hall–Kier alpha value is 1.24. The van der Waals surface area contributed by atoms with Gasteiger partial charge in [0.25, 0.3) is 0 Å². The van der Waals surface area contributed by atoms with Gasteiger partial charge in [0.15, 0.2) is 0 Å². The van der Waals surface area contributed by atoms with Gasteiger partial charge in [0, 0.05) is 38.6 Å². The van der Waals surface area contributed by atoms with Crippen LogP contribution in [0.5, 0.6) is 0 Å². The average Bonchev–Trinajstić information content (AvgIpc) is 3.30. The van der Waals surface area contributed by atoms with Crippen LogP contribution < -0.4 is 0 Å². The molecule has 3 N–H and O–H groups in total. The van der Waals surface area contributed by atoms with Crippen molar-refractivity contribution in [3.63, 3.8) is 0 Å². The summed E-state index contributed by atoms with van der Waals surface area (Å²) >= 11 is 31.1. The second-order valence-corrected chi connectivity index (χ2v) is 30.7. The van der Waals surface area contributed by atoms with Crippen molar-refractivity contribution in [3.8, 4) is 0 Å². The van der Waals surface area contributed by atoms with E-state index in [4.69, 9.17) is 9.79 Å². The molecule has 0 rings (SSSR count). The lowest BCUT2D eigenvalue weighted by atomic mass is 10.0. The summed E-state index contributed by atoms with van der Waals surface area (Å²) in [5, 5.41) is 0. The normalized spacial score (nSPS) is 19.1. The first-order chi connectivity index (χ1) is 33.3. The molecule has 0 amide bonds. The van der Waals surface area contributed by atoms with Gasteiger partial charge < -0.3 is 14.7 Å². The van der Waals surface area contributed by atoms with E-state index < -0.39 is 15.6 Å². The predicted octanol–water partition coefficient (Wildman–Crippen LogP) is 21.4. The Morgan fingerprint density at radius 3 is 0.875 bits per heavy atom. The summed E-state index contributed by atoms with van der Waals surface area (Å²) in [6, 6.07) is 0. The average molecular weight is 1560 g/mol. The van der Waals surface area contributed by atoms with E-state index in [0.717, 1.165) is 76.2 Å². The van der Waals surface area contributed by atoms with Crippen LogP contribution in [0.2, 0.25) is 0 Å². The summed E-state index contributed by atoms with van der Waals surface area (Å²) in [6.07, 6.45) is 36.4. The van der Waals surface area contributed by atoms with E-state index in [1.54, 1.807) is 6.08 Å². The molecule has 0 aromatic heterocycles. The zero-order valence-corrected chi connectivity index (χ0v) is 59.0. The zero-order chi connectivity index (χ0) is 55.4. The van der Waals surface area contributed by atoms with Crippen LogP contribution in [0.3, 0.4) is 0 Å². The molecule has 0 saturated carbocycles. The van der Waals surface area contributed by atoms with Gasteiger partial charge in [-0.3, -0.25) is 4.52 Å². The van der Waals surface area contributed by atoms with E-state index in [9.17, 15) is 14.0 Å². The van der Waals surface area contributed by atoms with E-state index in [1.807, 2.05) is 6.92 Å². The first-order valence-corrected chi connectivity index (χ1v) is 34.8. The molecule has 412 valence electrons. The zero-order valence-electron chi connectivity index (χ0n) is 44.6. The largest absolute Gasteiger partial charge is 0.481 e. The smallest absolute Gasteiger partial charge is 0.302 e. The van der Waals surface area contributed by atoms with E-state index in [0.29, 0.717) is 16.1 Å². The van der Waals surface area contributed by atoms with Crippen molar-refractivity contribution in [2.75, 3.05) is 6.61 Å². The number of alkyl halides is 8. The van der Waals surface area contributed by atoms with Crippen LogP contribution in [-0.4, -0.2) is 59.9 Å². The molecule has 7 nitrogen and oxygen atoms in total. The lowest BCUT2D eigenvalue weighted by Crippen LogP contribution is -2.06. The van der Waals surface area contributed by atoms with E-state index in [2.05, 4.69) is 273 Å². The number of allylic oxidation sites excluding steroid dienone is 21. The molecule has 17 heteroatoms. The summed E-state index contributed by atoms with van der Waals surface area (Å²) in [6.45, 7) is 25.6. The number of halogens is 8. The third kappa shape index (κ3) is 36.4. The minimum absolute atomic E-state index is 0.0697. The fraction of sp³-hybridized carbons (Fsp3) is 0.600. The van der Waals surface area contributed by atoms with Gasteiger partial charge >= 0.3 is 15.6 Å². The molecule has 0 aliphatic heterocycles. The van der Waals surface area contributed by atoms with Crippen molar-refractivity contribution in [1.82, 2.24) is 0 Å². The van der Waals surface area contributed by atoms with Crippen LogP contribution in [0.25, 0.3) is 0 Å². The third-order valence-electron chi connectivity index (χ3n) is 12.1. The fourth-order valence-electron chi connectivity index (χ4n) is 6.60. The molecule has 0 bridgehead atoms. The van der Waals surface area contributed by atoms with E-state index in [1.165, 1.54) is 55.7 Å². The van der Waals surface area contributed by atoms with Crippen LogP contribution in [0.1, 0.15) is 160 Å². The number of hydrogen-bond acceptors (Lipinski definition) is 4. The molecule has 0 heterocycles. The third-order valence-corrected chi connectivity index (χ3v) is 23.0. The van der Waals surface area contributed by atoms with Gasteiger partial charge in [0.2, 0.25) is 0 Å². The molecular formula is C55H84Br8O7P2. The molecule has 0 spiro atoms. The number of phosphoric ester groups is 1. The number of rotatable bonds is 35. The van der Waals surface area contributed by atoms with Crippen molar-refractivity contribution in [3.05, 3.63) is 128 Å². The van der Waals surface area contributed by atoms with Crippen LogP contribution in [-0.2, 0) is 18.0 Å². The SMILES string of the molecule is CC(C)=CCC/C(C)=C/CC/C(C)=C/C[C@@H](Br)/C(C)=C\C[C@@H](Br)/C(C)=C\C[C@@H](Br)/C(C)=C\C[C@@H](Br)/C(C)=C\C[C@@H](Br)/C(C)=C\C[C@@H](Br)/C(C)=C\C[C@@H](Br)/C(C)=C\C[C@@H](Br)/C(C)=C\COP(=O)(O)OP(=O)(O)O. The van der Waals surface area contributed by atoms with Gasteiger partial charge in [-0.05, 0) is 160 Å². The lowest BCUT2D eigenvalue weighted by molar-refractivity contribution is 0.191. The summed E-state index contributed by atoms with van der Waals surface area (Å²) in [7, 11) is -10.0. The highest BCUT2D eigenvalue weighted by atomic mass is 79.9. The van der Waals surface area contributed by atoms with Crippen LogP contribution >= 0.6 is 143 Å². The van der Waals surface area contributed by atoms with Gasteiger partial charge in [-0.1, -0.05) is 256 Å². The Labute approximate surface area is 504 Å². The van der Waals surface area contributed by atoms with Crippen LogP contribution in [0, 0.1) is 0 Å². The molecule has 0 saturated heterocycles.